The van der Waals surface area contributed by atoms with Gasteiger partial charge in [0.1, 0.15) is 5.82 Å². The van der Waals surface area contributed by atoms with E-state index in [1.54, 1.807) is 13.3 Å². The van der Waals surface area contributed by atoms with Gasteiger partial charge in [-0.1, -0.05) is 30.3 Å². The summed E-state index contributed by atoms with van der Waals surface area (Å²) in [6, 6.07) is 10.9. The van der Waals surface area contributed by atoms with Crippen LogP contribution in [0.2, 0.25) is 0 Å². The van der Waals surface area contributed by atoms with E-state index in [-0.39, 0.29) is 0 Å². The van der Waals surface area contributed by atoms with E-state index in [2.05, 4.69) is 39.9 Å². The van der Waals surface area contributed by atoms with E-state index < -0.39 is 0 Å². The Morgan fingerprint density at radius 1 is 1.31 bits per heavy atom. The molecule has 1 saturated heterocycles. The number of hydrogen-bond acceptors (Lipinski definition) is 3. The monoisotopic (exact) mass is 215 g/mol. The van der Waals surface area contributed by atoms with Gasteiger partial charge in [0.25, 0.3) is 0 Å². The van der Waals surface area contributed by atoms with Crippen molar-refractivity contribution < 1.29 is 0 Å². The molecule has 0 bridgehead atoms. The maximum absolute atomic E-state index is 3.95. The second-order valence-electron chi connectivity index (χ2n) is 3.81. The Hall–Kier alpha value is -1.77. The first-order valence-electron chi connectivity index (χ1n) is 5.58. The first kappa shape index (κ1) is 10.7. The number of allylic oxidation sites excluding steroid dienone is 1. The van der Waals surface area contributed by atoms with Gasteiger partial charge in [-0.2, -0.15) is 0 Å². The topological polar surface area (TPSA) is 36.4 Å². The molecule has 3 heteroatoms. The first-order chi connectivity index (χ1) is 7.90. The van der Waals surface area contributed by atoms with Crippen LogP contribution in [0.25, 0.3) is 0 Å². The lowest BCUT2D eigenvalue weighted by Crippen LogP contribution is -2.37. The van der Waals surface area contributed by atoms with Crippen LogP contribution in [-0.2, 0) is 0 Å². The molecule has 1 fully saturated rings. The third kappa shape index (κ3) is 2.63. The molecule has 84 valence electrons. The summed E-state index contributed by atoms with van der Waals surface area (Å²) in [6.45, 7) is 0.996. The van der Waals surface area contributed by atoms with Crippen LogP contribution < -0.4 is 10.6 Å². The average Bonchev–Trinajstić information content (AvgIpc) is 2.38. The minimum atomic E-state index is 0.402. The molecule has 3 nitrogen and oxygen atoms in total. The summed E-state index contributed by atoms with van der Waals surface area (Å²) in [5.74, 6) is 1.05. The van der Waals surface area contributed by atoms with Gasteiger partial charge in [-0.05, 0) is 18.1 Å². The largest absolute Gasteiger partial charge is 0.372 e. The van der Waals surface area contributed by atoms with Crippen molar-refractivity contribution in [2.45, 2.75) is 12.5 Å². The molecule has 0 aliphatic carbocycles. The minimum absolute atomic E-state index is 0.402. The second kappa shape index (κ2) is 5.35. The van der Waals surface area contributed by atoms with E-state index in [0.29, 0.717) is 6.04 Å². The van der Waals surface area contributed by atoms with Crippen LogP contribution in [-0.4, -0.2) is 19.8 Å². The van der Waals surface area contributed by atoms with Crippen LogP contribution in [0, 0.1) is 0 Å². The van der Waals surface area contributed by atoms with Crippen LogP contribution in [0.15, 0.2) is 47.2 Å². The summed E-state index contributed by atoms with van der Waals surface area (Å²) in [7, 11) is 1.77. The van der Waals surface area contributed by atoms with Crippen LogP contribution in [0.1, 0.15) is 18.0 Å². The van der Waals surface area contributed by atoms with Crippen molar-refractivity contribution >= 4 is 6.21 Å². The molecule has 2 N–H and O–H groups in total. The van der Waals surface area contributed by atoms with Gasteiger partial charge in [-0.3, -0.25) is 4.99 Å². The molecular weight excluding hydrogens is 198 g/mol. The molecule has 0 spiro atoms. The van der Waals surface area contributed by atoms with Crippen molar-refractivity contribution in [3.63, 3.8) is 0 Å². The third-order valence-corrected chi connectivity index (χ3v) is 2.67. The van der Waals surface area contributed by atoms with Gasteiger partial charge in [0.15, 0.2) is 0 Å². The summed E-state index contributed by atoms with van der Waals surface area (Å²) >= 11 is 0. The fourth-order valence-electron chi connectivity index (χ4n) is 1.85. The molecule has 1 aromatic carbocycles. The molecule has 1 atom stereocenters. The Morgan fingerprint density at radius 2 is 2.12 bits per heavy atom. The summed E-state index contributed by atoms with van der Waals surface area (Å²) in [5.41, 5.74) is 1.34. The maximum atomic E-state index is 3.95. The molecule has 0 radical (unpaired) electrons. The lowest BCUT2D eigenvalue weighted by molar-refractivity contribution is 0.459. The highest BCUT2D eigenvalue weighted by molar-refractivity contribution is 5.71. The number of benzene rings is 1. The fraction of sp³-hybridized carbons (Fsp3) is 0.308. The van der Waals surface area contributed by atoms with Crippen molar-refractivity contribution in [3.8, 4) is 0 Å². The summed E-state index contributed by atoms with van der Waals surface area (Å²) in [6.07, 6.45) is 4.86. The van der Waals surface area contributed by atoms with Crippen LogP contribution in [0.5, 0.6) is 0 Å². The van der Waals surface area contributed by atoms with Crippen molar-refractivity contribution in [1.82, 2.24) is 10.6 Å². The Kier molecular flexibility index (Phi) is 3.59. The predicted molar refractivity (Wildman–Crippen MR) is 67.4 cm³/mol. The van der Waals surface area contributed by atoms with E-state index in [0.717, 1.165) is 18.8 Å². The molecule has 2 rings (SSSR count). The molecular formula is C13H17N3. The lowest BCUT2D eigenvalue weighted by Gasteiger charge is -2.28. The van der Waals surface area contributed by atoms with Crippen LogP contribution in [0.3, 0.4) is 0 Å². The summed E-state index contributed by atoms with van der Waals surface area (Å²) in [4.78, 5) is 3.95. The van der Waals surface area contributed by atoms with Crippen LogP contribution >= 0.6 is 0 Å². The molecule has 1 unspecified atom stereocenters. The van der Waals surface area contributed by atoms with Gasteiger partial charge in [0.2, 0.25) is 0 Å². The van der Waals surface area contributed by atoms with E-state index >= 15 is 0 Å². The predicted octanol–water partition coefficient (Wildman–Crippen LogP) is 1.85. The minimum Gasteiger partial charge on any atom is -0.372 e. The quantitative estimate of drug-likeness (QED) is 0.739. The molecule has 16 heavy (non-hydrogen) atoms. The highest BCUT2D eigenvalue weighted by atomic mass is 15.1. The van der Waals surface area contributed by atoms with Gasteiger partial charge < -0.3 is 10.6 Å². The molecule has 0 amide bonds. The van der Waals surface area contributed by atoms with Gasteiger partial charge in [-0.25, -0.2) is 0 Å². The van der Waals surface area contributed by atoms with Crippen molar-refractivity contribution in [2.75, 3.05) is 13.6 Å². The molecule has 1 aromatic rings. The Morgan fingerprint density at radius 3 is 2.88 bits per heavy atom. The molecule has 1 aliphatic rings. The summed E-state index contributed by atoms with van der Waals surface area (Å²) in [5, 5.41) is 6.78. The highest BCUT2D eigenvalue weighted by Gasteiger charge is 2.15. The van der Waals surface area contributed by atoms with Crippen molar-refractivity contribution in [3.05, 3.63) is 47.8 Å². The third-order valence-electron chi connectivity index (χ3n) is 2.67. The molecule has 1 heterocycles. The number of hydrogen-bond donors (Lipinski definition) is 2. The SMILES string of the molecule is CN=C/C=C1\NCCC(c2ccccc2)N1. The smallest absolute Gasteiger partial charge is 0.101 e. The molecule has 1 aliphatic heterocycles. The molecule has 0 saturated carbocycles. The van der Waals surface area contributed by atoms with Gasteiger partial charge >= 0.3 is 0 Å². The number of nitrogens with one attached hydrogen (secondary N) is 2. The van der Waals surface area contributed by atoms with Gasteiger partial charge in [0.05, 0.1) is 6.04 Å². The summed E-state index contributed by atoms with van der Waals surface area (Å²) < 4.78 is 0. The van der Waals surface area contributed by atoms with Gasteiger partial charge in [-0.15, -0.1) is 0 Å². The zero-order valence-electron chi connectivity index (χ0n) is 9.48. The van der Waals surface area contributed by atoms with Crippen molar-refractivity contribution in [1.29, 1.82) is 0 Å². The van der Waals surface area contributed by atoms with E-state index in [9.17, 15) is 0 Å². The Labute approximate surface area is 96.3 Å². The maximum Gasteiger partial charge on any atom is 0.101 e. The average molecular weight is 215 g/mol. The van der Waals surface area contributed by atoms with E-state index in [1.165, 1.54) is 5.56 Å². The number of aliphatic imine (C=N–C) groups is 1. The van der Waals surface area contributed by atoms with Crippen LogP contribution in [0.4, 0.5) is 0 Å². The fourth-order valence-corrected chi connectivity index (χ4v) is 1.85. The van der Waals surface area contributed by atoms with Crippen molar-refractivity contribution in [2.24, 2.45) is 4.99 Å². The lowest BCUT2D eigenvalue weighted by atomic mass is 10.0. The second-order valence-corrected chi connectivity index (χ2v) is 3.81. The normalized spacial score (nSPS) is 23.1. The Bertz CT molecular complexity index is 381. The highest BCUT2D eigenvalue weighted by Crippen LogP contribution is 2.19. The number of nitrogens with zero attached hydrogens (tertiary/aromatic N) is 1. The number of rotatable bonds is 2. The zero-order chi connectivity index (χ0) is 11.2. The standard InChI is InChI=1S/C13H17N3/c1-14-9-8-13-15-10-7-12(16-13)11-5-3-2-4-6-11/h2-6,8-9,12,15-16H,7,10H2,1H3/b13-8+,14-9?. The van der Waals surface area contributed by atoms with Gasteiger partial charge in [0, 0.05) is 19.8 Å². The molecule has 0 aromatic heterocycles. The van der Waals surface area contributed by atoms with E-state index in [1.807, 2.05) is 12.1 Å². The Balaban J connectivity index is 2.08. The van der Waals surface area contributed by atoms with E-state index in [4.69, 9.17) is 0 Å². The first-order valence-corrected chi connectivity index (χ1v) is 5.58. The zero-order valence-corrected chi connectivity index (χ0v) is 9.48.